The SMILES string of the molecule is CN1CC(=O)N(CCCOc2ccc(CCC(=O)O)cc2)C1=O. The summed E-state index contributed by atoms with van der Waals surface area (Å²) in [5, 5.41) is 8.64. The molecule has 7 heteroatoms. The highest BCUT2D eigenvalue weighted by Crippen LogP contribution is 2.14. The Morgan fingerprint density at radius 3 is 2.52 bits per heavy atom. The molecule has 1 N–H and O–H groups in total. The zero-order valence-electron chi connectivity index (χ0n) is 13.0. The van der Waals surface area contributed by atoms with E-state index in [1.165, 1.54) is 9.80 Å². The highest BCUT2D eigenvalue weighted by atomic mass is 16.5. The van der Waals surface area contributed by atoms with Crippen LogP contribution >= 0.6 is 0 Å². The van der Waals surface area contributed by atoms with Gasteiger partial charge in [0.1, 0.15) is 12.3 Å². The van der Waals surface area contributed by atoms with Crippen LogP contribution in [0, 0.1) is 0 Å². The lowest BCUT2D eigenvalue weighted by molar-refractivity contribution is -0.137. The number of likely N-dealkylation sites (N-methyl/N-ethyl adjacent to an activating group) is 1. The van der Waals surface area contributed by atoms with Gasteiger partial charge in [-0.1, -0.05) is 12.1 Å². The van der Waals surface area contributed by atoms with Crippen molar-refractivity contribution in [2.75, 3.05) is 26.7 Å². The molecule has 0 radical (unpaired) electrons. The molecule has 23 heavy (non-hydrogen) atoms. The minimum atomic E-state index is -0.818. The van der Waals surface area contributed by atoms with Gasteiger partial charge in [-0.25, -0.2) is 4.79 Å². The van der Waals surface area contributed by atoms with Crippen molar-refractivity contribution in [2.24, 2.45) is 0 Å². The third-order valence-electron chi connectivity index (χ3n) is 3.58. The lowest BCUT2D eigenvalue weighted by Gasteiger charge is -2.14. The third kappa shape index (κ3) is 4.70. The zero-order chi connectivity index (χ0) is 16.8. The van der Waals surface area contributed by atoms with Crippen LogP contribution in [0.1, 0.15) is 18.4 Å². The molecule has 124 valence electrons. The van der Waals surface area contributed by atoms with Crippen LogP contribution in [0.15, 0.2) is 24.3 Å². The van der Waals surface area contributed by atoms with E-state index in [2.05, 4.69) is 0 Å². The number of carbonyl (C=O) groups excluding carboxylic acids is 2. The smallest absolute Gasteiger partial charge is 0.326 e. The number of hydrogen-bond acceptors (Lipinski definition) is 4. The maximum Gasteiger partial charge on any atom is 0.326 e. The number of aliphatic carboxylic acids is 1. The number of carbonyl (C=O) groups is 3. The van der Waals surface area contributed by atoms with Crippen LogP contribution in [0.5, 0.6) is 5.75 Å². The molecule has 1 fully saturated rings. The Morgan fingerprint density at radius 2 is 1.96 bits per heavy atom. The van der Waals surface area contributed by atoms with Crippen LogP contribution in [0.25, 0.3) is 0 Å². The molecule has 0 saturated carbocycles. The summed E-state index contributed by atoms with van der Waals surface area (Å²) in [6, 6.07) is 6.98. The van der Waals surface area contributed by atoms with Crippen LogP contribution in [-0.2, 0) is 16.0 Å². The molecular weight excluding hydrogens is 300 g/mol. The number of nitrogens with zero attached hydrogens (tertiary/aromatic N) is 2. The quantitative estimate of drug-likeness (QED) is 0.577. The number of urea groups is 1. The minimum absolute atomic E-state index is 0.104. The first kappa shape index (κ1) is 16.8. The van der Waals surface area contributed by atoms with Gasteiger partial charge >= 0.3 is 12.0 Å². The second-order valence-corrected chi connectivity index (χ2v) is 5.42. The molecule has 1 aromatic carbocycles. The van der Waals surface area contributed by atoms with E-state index in [1.807, 2.05) is 12.1 Å². The topological polar surface area (TPSA) is 87.2 Å². The lowest BCUT2D eigenvalue weighted by Crippen LogP contribution is -2.33. The molecule has 1 saturated heterocycles. The predicted octanol–water partition coefficient (Wildman–Crippen LogP) is 1.37. The highest BCUT2D eigenvalue weighted by molar-refractivity contribution is 6.01. The van der Waals surface area contributed by atoms with Crippen LogP contribution in [0.2, 0.25) is 0 Å². The van der Waals surface area contributed by atoms with Gasteiger partial charge in [0.2, 0.25) is 5.91 Å². The highest BCUT2D eigenvalue weighted by Gasteiger charge is 2.32. The van der Waals surface area contributed by atoms with Gasteiger partial charge in [0, 0.05) is 20.0 Å². The predicted molar refractivity (Wildman–Crippen MR) is 82.2 cm³/mol. The van der Waals surface area contributed by atoms with E-state index in [4.69, 9.17) is 9.84 Å². The standard InChI is InChI=1S/C16H20N2O5/c1-17-11-14(19)18(16(17)22)9-2-10-23-13-6-3-12(4-7-13)5-8-15(20)21/h3-4,6-7H,2,5,8-11H2,1H3,(H,20,21). The molecule has 1 aromatic rings. The van der Waals surface area contributed by atoms with E-state index in [0.29, 0.717) is 31.7 Å². The van der Waals surface area contributed by atoms with E-state index in [9.17, 15) is 14.4 Å². The lowest BCUT2D eigenvalue weighted by atomic mass is 10.1. The first-order chi connectivity index (χ1) is 11.0. The van der Waals surface area contributed by atoms with Gasteiger partial charge in [0.15, 0.2) is 0 Å². The number of carboxylic acid groups (broad SMARTS) is 1. The molecule has 1 heterocycles. The fourth-order valence-electron chi connectivity index (χ4n) is 2.31. The van der Waals surface area contributed by atoms with Gasteiger partial charge < -0.3 is 14.7 Å². The van der Waals surface area contributed by atoms with Gasteiger partial charge in [0.05, 0.1) is 6.61 Å². The summed E-state index contributed by atoms with van der Waals surface area (Å²) in [7, 11) is 1.60. The zero-order valence-corrected chi connectivity index (χ0v) is 13.0. The average molecular weight is 320 g/mol. The van der Waals surface area contributed by atoms with Crippen molar-refractivity contribution >= 4 is 17.9 Å². The molecular formula is C16H20N2O5. The maximum atomic E-state index is 11.7. The van der Waals surface area contributed by atoms with Crippen molar-refractivity contribution in [1.29, 1.82) is 0 Å². The van der Waals surface area contributed by atoms with Crippen LogP contribution in [0.4, 0.5) is 4.79 Å². The number of aryl methyl sites for hydroxylation is 1. The van der Waals surface area contributed by atoms with Gasteiger partial charge in [-0.15, -0.1) is 0 Å². The Morgan fingerprint density at radius 1 is 1.26 bits per heavy atom. The number of amides is 3. The summed E-state index contributed by atoms with van der Waals surface area (Å²) in [5.41, 5.74) is 0.941. The van der Waals surface area contributed by atoms with Crippen molar-refractivity contribution in [3.63, 3.8) is 0 Å². The number of ether oxygens (including phenoxy) is 1. The number of benzene rings is 1. The molecule has 0 aromatic heterocycles. The van der Waals surface area contributed by atoms with Crippen molar-refractivity contribution in [2.45, 2.75) is 19.3 Å². The minimum Gasteiger partial charge on any atom is -0.494 e. The van der Waals surface area contributed by atoms with E-state index < -0.39 is 5.97 Å². The summed E-state index contributed by atoms with van der Waals surface area (Å²) in [6.07, 6.45) is 1.15. The first-order valence-corrected chi connectivity index (χ1v) is 7.46. The average Bonchev–Trinajstić information content (AvgIpc) is 2.76. The fourth-order valence-corrected chi connectivity index (χ4v) is 2.31. The van der Waals surface area contributed by atoms with Gasteiger partial charge in [-0.2, -0.15) is 0 Å². The summed E-state index contributed by atoms with van der Waals surface area (Å²) >= 11 is 0. The van der Waals surface area contributed by atoms with Gasteiger partial charge in [0.25, 0.3) is 0 Å². The number of imide groups is 1. The normalized spacial score (nSPS) is 14.5. The Hall–Kier alpha value is -2.57. The maximum absolute atomic E-state index is 11.7. The van der Waals surface area contributed by atoms with E-state index in [1.54, 1.807) is 19.2 Å². The van der Waals surface area contributed by atoms with Crippen LogP contribution in [-0.4, -0.2) is 59.6 Å². The second kappa shape index (κ2) is 7.62. The Bertz CT molecular complexity index is 585. The van der Waals surface area contributed by atoms with Gasteiger partial charge in [-0.3, -0.25) is 14.5 Å². The van der Waals surface area contributed by atoms with E-state index in [-0.39, 0.29) is 24.9 Å². The van der Waals surface area contributed by atoms with Crippen LogP contribution < -0.4 is 4.74 Å². The van der Waals surface area contributed by atoms with Crippen molar-refractivity contribution in [1.82, 2.24) is 9.80 Å². The Kier molecular flexibility index (Phi) is 5.56. The largest absolute Gasteiger partial charge is 0.494 e. The Balaban J connectivity index is 1.71. The van der Waals surface area contributed by atoms with Crippen molar-refractivity contribution in [3.8, 4) is 5.75 Å². The Labute approximate surface area is 134 Å². The van der Waals surface area contributed by atoms with Crippen molar-refractivity contribution < 1.29 is 24.2 Å². The van der Waals surface area contributed by atoms with E-state index >= 15 is 0 Å². The third-order valence-corrected chi connectivity index (χ3v) is 3.58. The molecule has 2 rings (SSSR count). The monoisotopic (exact) mass is 320 g/mol. The number of carboxylic acids is 1. The molecule has 0 bridgehead atoms. The molecule has 7 nitrogen and oxygen atoms in total. The summed E-state index contributed by atoms with van der Waals surface area (Å²) in [5.74, 6) is -0.317. The summed E-state index contributed by atoms with van der Waals surface area (Å²) in [6.45, 7) is 0.880. The molecule has 0 aliphatic carbocycles. The van der Waals surface area contributed by atoms with Gasteiger partial charge in [-0.05, 0) is 30.5 Å². The number of rotatable bonds is 8. The number of hydrogen-bond donors (Lipinski definition) is 1. The molecule has 3 amide bonds. The summed E-state index contributed by atoms with van der Waals surface area (Å²) in [4.78, 5) is 36.4. The first-order valence-electron chi connectivity index (χ1n) is 7.46. The van der Waals surface area contributed by atoms with Crippen molar-refractivity contribution in [3.05, 3.63) is 29.8 Å². The molecule has 0 spiro atoms. The summed E-state index contributed by atoms with van der Waals surface area (Å²) < 4.78 is 5.56. The molecule has 1 aliphatic heterocycles. The van der Waals surface area contributed by atoms with Crippen LogP contribution in [0.3, 0.4) is 0 Å². The van der Waals surface area contributed by atoms with E-state index in [0.717, 1.165) is 5.56 Å². The second-order valence-electron chi connectivity index (χ2n) is 5.42. The molecule has 1 aliphatic rings. The molecule has 0 unspecified atom stereocenters. The molecule has 0 atom stereocenters. The fraction of sp³-hybridized carbons (Fsp3) is 0.438.